The Kier molecular flexibility index (Phi) is 9.07. The van der Waals surface area contributed by atoms with Crippen molar-refractivity contribution >= 4 is 5.78 Å². The summed E-state index contributed by atoms with van der Waals surface area (Å²) in [6.45, 7) is 5.25. The number of benzene rings is 1. The highest BCUT2D eigenvalue weighted by Crippen LogP contribution is 2.35. The number of hydrogen-bond donors (Lipinski definition) is 0. The van der Waals surface area contributed by atoms with Crippen molar-refractivity contribution in [3.63, 3.8) is 0 Å². The van der Waals surface area contributed by atoms with Crippen LogP contribution in [0.1, 0.15) is 96.0 Å². The normalized spacial score (nSPS) is 20.6. The van der Waals surface area contributed by atoms with Gasteiger partial charge in [-0.05, 0) is 42.9 Å². The van der Waals surface area contributed by atoms with E-state index in [2.05, 4.69) is 26.0 Å². The summed E-state index contributed by atoms with van der Waals surface area (Å²) in [7, 11) is 0. The van der Waals surface area contributed by atoms with Crippen molar-refractivity contribution in [1.82, 2.24) is 0 Å². The fraction of sp³-hybridized carbons (Fsp3) is 0.696. The van der Waals surface area contributed by atoms with Gasteiger partial charge in [-0.25, -0.2) is 0 Å². The van der Waals surface area contributed by atoms with Crippen LogP contribution in [0, 0.1) is 5.92 Å². The molecule has 1 aliphatic rings. The van der Waals surface area contributed by atoms with Gasteiger partial charge in [0.25, 0.3) is 0 Å². The zero-order valence-electron chi connectivity index (χ0n) is 16.3. The Morgan fingerprint density at radius 1 is 0.920 bits per heavy atom. The molecule has 0 N–H and O–H groups in total. The topological polar surface area (TPSA) is 26.3 Å². The van der Waals surface area contributed by atoms with Crippen LogP contribution in [-0.4, -0.2) is 12.4 Å². The first-order valence-corrected chi connectivity index (χ1v) is 10.5. The predicted octanol–water partition coefficient (Wildman–Crippen LogP) is 6.68. The molecule has 2 atom stereocenters. The number of Topliss-reactive ketones (excluding diaryl/α,β-unsaturated/α-hetero) is 1. The van der Waals surface area contributed by atoms with Crippen LogP contribution in [0.4, 0.5) is 0 Å². The summed E-state index contributed by atoms with van der Waals surface area (Å²) in [5.74, 6) is 2.10. The Hall–Kier alpha value is -1.31. The number of rotatable bonds is 11. The van der Waals surface area contributed by atoms with Crippen molar-refractivity contribution in [2.45, 2.75) is 90.4 Å². The van der Waals surface area contributed by atoms with Gasteiger partial charge in [0.15, 0.2) is 0 Å². The van der Waals surface area contributed by atoms with E-state index in [0.29, 0.717) is 11.7 Å². The largest absolute Gasteiger partial charge is 0.494 e. The van der Waals surface area contributed by atoms with E-state index in [0.717, 1.165) is 31.6 Å². The molecule has 0 amide bonds. The highest BCUT2D eigenvalue weighted by Gasteiger charge is 2.29. The third-order valence-electron chi connectivity index (χ3n) is 5.49. The van der Waals surface area contributed by atoms with Crippen molar-refractivity contribution in [3.8, 4) is 5.75 Å². The second-order valence-corrected chi connectivity index (χ2v) is 7.64. The smallest absolute Gasteiger partial charge is 0.140 e. The van der Waals surface area contributed by atoms with Gasteiger partial charge < -0.3 is 4.74 Å². The minimum atomic E-state index is 0.112. The van der Waals surface area contributed by atoms with Gasteiger partial charge in [-0.3, -0.25) is 4.79 Å². The number of carbonyl (C=O) groups excluding carboxylic acids is 1. The molecule has 1 saturated carbocycles. The van der Waals surface area contributed by atoms with Crippen LogP contribution >= 0.6 is 0 Å². The fourth-order valence-electron chi connectivity index (χ4n) is 3.97. The Morgan fingerprint density at radius 2 is 1.64 bits per heavy atom. The second-order valence-electron chi connectivity index (χ2n) is 7.64. The summed E-state index contributed by atoms with van der Waals surface area (Å²) in [5, 5.41) is 0. The average Bonchev–Trinajstić information content (AvgIpc) is 2.62. The van der Waals surface area contributed by atoms with Gasteiger partial charge in [0.1, 0.15) is 11.5 Å². The highest BCUT2D eigenvalue weighted by atomic mass is 16.5. The summed E-state index contributed by atoms with van der Waals surface area (Å²) in [5.41, 5.74) is 1.17. The van der Waals surface area contributed by atoms with E-state index in [-0.39, 0.29) is 5.92 Å². The van der Waals surface area contributed by atoms with E-state index in [9.17, 15) is 4.79 Å². The van der Waals surface area contributed by atoms with E-state index in [1.807, 2.05) is 12.1 Å². The quantitative estimate of drug-likeness (QED) is 0.419. The molecular formula is C23H36O2. The van der Waals surface area contributed by atoms with Gasteiger partial charge in [0.2, 0.25) is 0 Å². The summed E-state index contributed by atoms with van der Waals surface area (Å²) in [6, 6.07) is 8.27. The molecule has 1 fully saturated rings. The number of hydrogen-bond acceptors (Lipinski definition) is 2. The Bertz CT molecular complexity index is 491. The van der Waals surface area contributed by atoms with E-state index >= 15 is 0 Å². The molecule has 0 unspecified atom stereocenters. The molecule has 2 heteroatoms. The monoisotopic (exact) mass is 344 g/mol. The lowest BCUT2D eigenvalue weighted by Crippen LogP contribution is -2.23. The van der Waals surface area contributed by atoms with E-state index in [1.54, 1.807) is 0 Å². The van der Waals surface area contributed by atoms with Gasteiger partial charge in [-0.1, -0.05) is 70.9 Å². The minimum Gasteiger partial charge on any atom is -0.494 e. The van der Waals surface area contributed by atoms with E-state index in [4.69, 9.17) is 4.74 Å². The molecule has 1 aromatic rings. The molecule has 0 aromatic heterocycles. The molecule has 0 aliphatic heterocycles. The summed E-state index contributed by atoms with van der Waals surface area (Å²) in [4.78, 5) is 12.5. The summed E-state index contributed by atoms with van der Waals surface area (Å²) < 4.78 is 5.85. The van der Waals surface area contributed by atoms with Crippen molar-refractivity contribution in [1.29, 1.82) is 0 Å². The Balaban J connectivity index is 1.72. The maximum Gasteiger partial charge on any atom is 0.140 e. The zero-order valence-corrected chi connectivity index (χ0v) is 16.3. The molecule has 0 radical (unpaired) electrons. The molecule has 0 heterocycles. The van der Waals surface area contributed by atoms with Crippen LogP contribution in [0.15, 0.2) is 24.3 Å². The molecule has 0 saturated heterocycles. The first-order valence-electron chi connectivity index (χ1n) is 10.5. The van der Waals surface area contributed by atoms with Crippen LogP contribution in [-0.2, 0) is 4.79 Å². The van der Waals surface area contributed by atoms with Crippen molar-refractivity contribution in [3.05, 3.63) is 29.8 Å². The molecule has 1 aromatic carbocycles. The lowest BCUT2D eigenvalue weighted by atomic mass is 9.76. The minimum absolute atomic E-state index is 0.112. The molecular weight excluding hydrogens is 308 g/mol. The highest BCUT2D eigenvalue weighted by molar-refractivity contribution is 5.86. The van der Waals surface area contributed by atoms with Gasteiger partial charge in [0, 0.05) is 12.3 Å². The standard InChI is InChI=1S/C23H36O2/c1-3-5-6-7-8-9-17-25-21-14-12-20(13-15-21)22-16-11-19(10-4-2)18-23(22)24/h12-15,19,22H,3-11,16-18H2,1-2H3/t19-,22+/m0/s1. The van der Waals surface area contributed by atoms with Crippen molar-refractivity contribution in [2.24, 2.45) is 5.92 Å². The molecule has 1 aliphatic carbocycles. The Morgan fingerprint density at radius 3 is 2.32 bits per heavy atom. The fourth-order valence-corrected chi connectivity index (χ4v) is 3.97. The van der Waals surface area contributed by atoms with Crippen LogP contribution < -0.4 is 4.74 Å². The summed E-state index contributed by atoms with van der Waals surface area (Å²) >= 11 is 0. The van der Waals surface area contributed by atoms with Gasteiger partial charge in [0.05, 0.1) is 6.61 Å². The lowest BCUT2D eigenvalue weighted by molar-refractivity contribution is -0.123. The molecule has 140 valence electrons. The zero-order chi connectivity index (χ0) is 17.9. The van der Waals surface area contributed by atoms with E-state index in [1.165, 1.54) is 56.9 Å². The molecule has 2 rings (SSSR count). The van der Waals surface area contributed by atoms with Crippen LogP contribution in [0.2, 0.25) is 0 Å². The maximum absolute atomic E-state index is 12.5. The third-order valence-corrected chi connectivity index (χ3v) is 5.49. The van der Waals surface area contributed by atoms with E-state index < -0.39 is 0 Å². The van der Waals surface area contributed by atoms with Crippen LogP contribution in [0.5, 0.6) is 5.75 Å². The number of unbranched alkanes of at least 4 members (excludes halogenated alkanes) is 5. The Labute approximate surface area is 154 Å². The number of ether oxygens (including phenoxy) is 1. The second kappa shape index (κ2) is 11.3. The maximum atomic E-state index is 12.5. The SMILES string of the molecule is CCCCCCCCOc1ccc([C@H]2CC[C@H](CCC)CC2=O)cc1. The number of carbonyl (C=O) groups is 1. The van der Waals surface area contributed by atoms with Crippen LogP contribution in [0.3, 0.4) is 0 Å². The van der Waals surface area contributed by atoms with Gasteiger partial charge in [-0.15, -0.1) is 0 Å². The molecule has 0 bridgehead atoms. The first kappa shape index (κ1) is 20.0. The third kappa shape index (κ3) is 6.84. The van der Waals surface area contributed by atoms with Crippen molar-refractivity contribution < 1.29 is 9.53 Å². The van der Waals surface area contributed by atoms with Crippen molar-refractivity contribution in [2.75, 3.05) is 6.61 Å². The molecule has 0 spiro atoms. The first-order chi connectivity index (χ1) is 12.2. The molecule has 2 nitrogen and oxygen atoms in total. The summed E-state index contributed by atoms with van der Waals surface area (Å²) in [6.07, 6.45) is 13.1. The lowest BCUT2D eigenvalue weighted by Gasteiger charge is -2.27. The number of ketones is 1. The molecule has 25 heavy (non-hydrogen) atoms. The van der Waals surface area contributed by atoms with Gasteiger partial charge in [-0.2, -0.15) is 0 Å². The predicted molar refractivity (Wildman–Crippen MR) is 105 cm³/mol. The van der Waals surface area contributed by atoms with Gasteiger partial charge >= 0.3 is 0 Å². The average molecular weight is 345 g/mol. The van der Waals surface area contributed by atoms with Crippen LogP contribution in [0.25, 0.3) is 0 Å².